The summed E-state index contributed by atoms with van der Waals surface area (Å²) in [6, 6.07) is 9.54. The van der Waals surface area contributed by atoms with Gasteiger partial charge in [-0.2, -0.15) is 4.37 Å². The third-order valence-corrected chi connectivity index (χ3v) is 7.10. The molecule has 31 heavy (non-hydrogen) atoms. The molecule has 0 saturated carbocycles. The van der Waals surface area contributed by atoms with Crippen LogP contribution < -0.4 is 5.69 Å². The standard InChI is InChI=1S/C23H24BrN3O3S/c1-4-6-15(11-20(28)29)27-22-16(24)7-5-8-18(22)26(23(27)30)12-17-21-14(3)9-13(2)10-19(21)31-25-17/h5,7-10,15H,4,6,11-12H2,1-3H3,(H,28,29). The van der Waals surface area contributed by atoms with Crippen molar-refractivity contribution in [2.24, 2.45) is 0 Å². The van der Waals surface area contributed by atoms with E-state index in [9.17, 15) is 14.7 Å². The summed E-state index contributed by atoms with van der Waals surface area (Å²) in [5.41, 5.74) is 4.51. The number of imidazole rings is 1. The van der Waals surface area contributed by atoms with Crippen molar-refractivity contribution in [2.45, 2.75) is 52.6 Å². The first-order valence-corrected chi connectivity index (χ1v) is 11.8. The zero-order valence-corrected chi connectivity index (χ0v) is 20.1. The minimum absolute atomic E-state index is 0.0911. The van der Waals surface area contributed by atoms with Gasteiger partial charge in [-0.05, 0) is 77.1 Å². The lowest BCUT2D eigenvalue weighted by Crippen LogP contribution is -2.29. The van der Waals surface area contributed by atoms with E-state index in [2.05, 4.69) is 46.3 Å². The molecule has 0 aliphatic heterocycles. The number of fused-ring (bicyclic) bond motifs is 2. The van der Waals surface area contributed by atoms with Crippen LogP contribution in [-0.2, 0) is 11.3 Å². The molecule has 1 N–H and O–H groups in total. The summed E-state index contributed by atoms with van der Waals surface area (Å²) in [6.07, 6.45) is 1.31. The van der Waals surface area contributed by atoms with E-state index in [1.165, 1.54) is 17.1 Å². The normalized spacial score (nSPS) is 12.6. The van der Waals surface area contributed by atoms with Gasteiger partial charge in [0.25, 0.3) is 0 Å². The number of aryl methyl sites for hydroxylation is 2. The van der Waals surface area contributed by atoms with Gasteiger partial charge in [-0.1, -0.05) is 25.5 Å². The van der Waals surface area contributed by atoms with Gasteiger partial charge in [-0.3, -0.25) is 13.9 Å². The third kappa shape index (κ3) is 3.94. The molecule has 4 aromatic rings. The molecular weight excluding hydrogens is 478 g/mol. The van der Waals surface area contributed by atoms with E-state index in [1.807, 2.05) is 25.1 Å². The molecule has 4 rings (SSSR count). The van der Waals surface area contributed by atoms with Crippen molar-refractivity contribution in [3.8, 4) is 0 Å². The van der Waals surface area contributed by atoms with Crippen molar-refractivity contribution in [1.29, 1.82) is 0 Å². The fraction of sp³-hybridized carbons (Fsp3) is 0.348. The summed E-state index contributed by atoms with van der Waals surface area (Å²) in [5, 5.41) is 10.5. The van der Waals surface area contributed by atoms with Gasteiger partial charge < -0.3 is 5.11 Å². The fourth-order valence-electron chi connectivity index (χ4n) is 4.42. The van der Waals surface area contributed by atoms with Gasteiger partial charge >= 0.3 is 11.7 Å². The number of nitrogens with zero attached hydrogens (tertiary/aromatic N) is 3. The quantitative estimate of drug-likeness (QED) is 0.354. The highest BCUT2D eigenvalue weighted by Gasteiger charge is 2.24. The Kier molecular flexibility index (Phi) is 6.03. The van der Waals surface area contributed by atoms with Crippen LogP contribution in [0.3, 0.4) is 0 Å². The second-order valence-corrected chi connectivity index (χ2v) is 9.63. The molecule has 0 saturated heterocycles. The number of aliphatic carboxylic acids is 1. The number of carboxylic acids is 1. The minimum atomic E-state index is -0.908. The molecule has 0 bridgehead atoms. The summed E-state index contributed by atoms with van der Waals surface area (Å²) in [7, 11) is 0. The molecule has 1 unspecified atom stereocenters. The monoisotopic (exact) mass is 501 g/mol. The highest BCUT2D eigenvalue weighted by molar-refractivity contribution is 9.10. The maximum atomic E-state index is 13.6. The van der Waals surface area contributed by atoms with Gasteiger partial charge in [-0.15, -0.1) is 0 Å². The number of aromatic nitrogens is 3. The molecule has 6 nitrogen and oxygen atoms in total. The van der Waals surface area contributed by atoms with Crippen LogP contribution in [0.1, 0.15) is 49.0 Å². The molecule has 0 spiro atoms. The molecule has 2 aromatic heterocycles. The Bertz CT molecular complexity index is 1350. The van der Waals surface area contributed by atoms with Gasteiger partial charge in [-0.25, -0.2) is 4.79 Å². The van der Waals surface area contributed by atoms with Crippen molar-refractivity contribution in [3.63, 3.8) is 0 Å². The van der Waals surface area contributed by atoms with Gasteiger partial charge in [0.1, 0.15) is 0 Å². The Morgan fingerprint density at radius 2 is 2.06 bits per heavy atom. The average molecular weight is 502 g/mol. The molecule has 162 valence electrons. The largest absolute Gasteiger partial charge is 0.481 e. The number of hydrogen-bond acceptors (Lipinski definition) is 4. The van der Waals surface area contributed by atoms with Crippen molar-refractivity contribution in [1.82, 2.24) is 13.5 Å². The van der Waals surface area contributed by atoms with E-state index in [0.717, 1.165) is 43.3 Å². The third-order valence-electron chi connectivity index (χ3n) is 5.63. The summed E-state index contributed by atoms with van der Waals surface area (Å²) in [5.74, 6) is -0.908. The SMILES string of the molecule is CCCC(CC(=O)O)n1c(=O)n(Cc2nsc3cc(C)cc(C)c23)c2cccc(Br)c21. The summed E-state index contributed by atoms with van der Waals surface area (Å²) in [6.45, 7) is 6.48. The number of benzene rings is 2. The molecule has 0 aliphatic rings. The number of para-hydroxylation sites is 1. The van der Waals surface area contributed by atoms with Crippen LogP contribution in [0.2, 0.25) is 0 Å². The maximum absolute atomic E-state index is 13.6. The fourth-order valence-corrected chi connectivity index (χ4v) is 5.93. The number of halogens is 1. The molecule has 8 heteroatoms. The minimum Gasteiger partial charge on any atom is -0.481 e. The van der Waals surface area contributed by atoms with Crippen molar-refractivity contribution >= 4 is 54.6 Å². The van der Waals surface area contributed by atoms with Crippen molar-refractivity contribution in [3.05, 3.63) is 62.1 Å². The molecule has 0 amide bonds. The highest BCUT2D eigenvalue weighted by atomic mass is 79.9. The van der Waals surface area contributed by atoms with Crippen LogP contribution in [0.25, 0.3) is 21.1 Å². The van der Waals surface area contributed by atoms with Crippen molar-refractivity contribution in [2.75, 3.05) is 0 Å². The second-order valence-electron chi connectivity index (χ2n) is 7.97. The zero-order valence-electron chi connectivity index (χ0n) is 17.7. The summed E-state index contributed by atoms with van der Waals surface area (Å²) in [4.78, 5) is 25.1. The Morgan fingerprint density at radius 3 is 2.77 bits per heavy atom. The van der Waals surface area contributed by atoms with E-state index in [-0.39, 0.29) is 12.1 Å². The number of rotatable bonds is 7. The van der Waals surface area contributed by atoms with Crippen LogP contribution in [0.15, 0.2) is 39.6 Å². The van der Waals surface area contributed by atoms with Crippen LogP contribution in [0, 0.1) is 13.8 Å². The molecule has 0 aliphatic carbocycles. The first-order valence-electron chi connectivity index (χ1n) is 10.3. The lowest BCUT2D eigenvalue weighted by Gasteiger charge is -2.16. The molecule has 0 radical (unpaired) electrons. The Labute approximate surface area is 192 Å². The van der Waals surface area contributed by atoms with E-state index in [1.54, 1.807) is 9.13 Å². The molecule has 0 fully saturated rings. The predicted molar refractivity (Wildman–Crippen MR) is 128 cm³/mol. The van der Waals surface area contributed by atoms with Gasteiger partial charge in [0.15, 0.2) is 0 Å². The number of carbonyl (C=O) groups is 1. The zero-order chi connectivity index (χ0) is 22.3. The Hall–Kier alpha value is -2.45. The topological polar surface area (TPSA) is 77.1 Å². The maximum Gasteiger partial charge on any atom is 0.329 e. The predicted octanol–water partition coefficient (Wildman–Crippen LogP) is 5.66. The molecule has 2 aromatic carbocycles. The van der Waals surface area contributed by atoms with E-state index >= 15 is 0 Å². The lowest BCUT2D eigenvalue weighted by molar-refractivity contribution is -0.137. The average Bonchev–Trinajstić information content (AvgIpc) is 3.22. The van der Waals surface area contributed by atoms with E-state index in [0.29, 0.717) is 13.0 Å². The van der Waals surface area contributed by atoms with E-state index < -0.39 is 12.0 Å². The molecule has 1 atom stereocenters. The van der Waals surface area contributed by atoms with Crippen LogP contribution in [0.4, 0.5) is 0 Å². The first-order chi connectivity index (χ1) is 14.8. The number of hydrogen-bond donors (Lipinski definition) is 1. The Balaban J connectivity index is 1.92. The Morgan fingerprint density at radius 1 is 1.29 bits per heavy atom. The van der Waals surface area contributed by atoms with E-state index in [4.69, 9.17) is 0 Å². The number of carboxylic acid groups (broad SMARTS) is 1. The molecular formula is C23H24BrN3O3S. The first kappa shape index (κ1) is 21.8. The van der Waals surface area contributed by atoms with Gasteiger partial charge in [0, 0.05) is 15.9 Å². The summed E-state index contributed by atoms with van der Waals surface area (Å²) < 4.78 is 9.94. The van der Waals surface area contributed by atoms with Gasteiger partial charge in [0.2, 0.25) is 0 Å². The second kappa shape index (κ2) is 8.59. The van der Waals surface area contributed by atoms with Crippen LogP contribution in [-0.4, -0.2) is 24.6 Å². The van der Waals surface area contributed by atoms with Gasteiger partial charge in [0.05, 0.1) is 34.4 Å². The van der Waals surface area contributed by atoms with Crippen molar-refractivity contribution < 1.29 is 9.90 Å². The summed E-state index contributed by atoms with van der Waals surface area (Å²) >= 11 is 5.03. The van der Waals surface area contributed by atoms with Crippen LogP contribution in [0.5, 0.6) is 0 Å². The smallest absolute Gasteiger partial charge is 0.329 e. The molecule has 2 heterocycles. The highest BCUT2D eigenvalue weighted by Crippen LogP contribution is 2.31. The lowest BCUT2D eigenvalue weighted by atomic mass is 10.1. The van der Waals surface area contributed by atoms with Crippen LogP contribution >= 0.6 is 27.5 Å².